The van der Waals surface area contributed by atoms with Gasteiger partial charge in [0.05, 0.1) is 34.4 Å². The van der Waals surface area contributed by atoms with Gasteiger partial charge in [0.2, 0.25) is 11.8 Å². The van der Waals surface area contributed by atoms with Crippen LogP contribution in [0.1, 0.15) is 90.5 Å². The van der Waals surface area contributed by atoms with Gasteiger partial charge in [0, 0.05) is 17.7 Å². The van der Waals surface area contributed by atoms with Crippen LogP contribution in [0.5, 0.6) is 0 Å². The van der Waals surface area contributed by atoms with E-state index in [0.717, 1.165) is 33.4 Å². The second kappa shape index (κ2) is 39.5. The van der Waals surface area contributed by atoms with E-state index in [1.54, 1.807) is 23.5 Å². The zero-order chi connectivity index (χ0) is 61.9. The molecule has 14 heteroatoms. The van der Waals surface area contributed by atoms with E-state index in [-0.39, 0.29) is 51.6 Å². The lowest BCUT2D eigenvalue weighted by Crippen LogP contribution is -2.23. The number of benzene rings is 10. The van der Waals surface area contributed by atoms with Crippen molar-refractivity contribution in [3.05, 3.63) is 359 Å². The molecule has 0 aliphatic rings. The zero-order valence-electron chi connectivity index (χ0n) is 49.3. The highest BCUT2D eigenvalue weighted by molar-refractivity contribution is 8.00. The molecule has 0 heterocycles. The van der Waals surface area contributed by atoms with Crippen molar-refractivity contribution in [2.75, 3.05) is 24.4 Å². The summed E-state index contributed by atoms with van der Waals surface area (Å²) < 4.78 is 22.5. The summed E-state index contributed by atoms with van der Waals surface area (Å²) in [6, 6.07) is 98.6. The molecule has 11 nitrogen and oxygen atoms in total. The number of aliphatic hydroxyl groups excluding tert-OH is 1. The van der Waals surface area contributed by atoms with Gasteiger partial charge in [-0.15, -0.1) is 23.5 Å². The number of carbonyl (C=O) groups is 4. The maximum Gasteiger partial charge on any atom is 0.315 e. The monoisotopic (exact) mass is 1230 g/mol. The summed E-state index contributed by atoms with van der Waals surface area (Å²) in [5.74, 6) is -0.745. The molecule has 8 N–H and O–H groups in total. The van der Waals surface area contributed by atoms with Gasteiger partial charge in [-0.1, -0.05) is 303 Å². The van der Waals surface area contributed by atoms with Gasteiger partial charge in [0.15, 0.2) is 6.10 Å². The fourth-order valence-corrected chi connectivity index (χ4v) is 12.4. The molecule has 88 heavy (non-hydrogen) atoms. The molecule has 0 aliphatic heterocycles. The van der Waals surface area contributed by atoms with Crippen LogP contribution in [0.2, 0.25) is 0 Å². The molecular formula is C74H75N3O8S3. The van der Waals surface area contributed by atoms with Gasteiger partial charge in [0.25, 0.3) is 0 Å². The molecule has 1 atom stereocenters. The summed E-state index contributed by atoms with van der Waals surface area (Å²) in [5.41, 5.74) is 20.8. The van der Waals surface area contributed by atoms with Gasteiger partial charge in [-0.3, -0.25) is 23.4 Å². The van der Waals surface area contributed by atoms with Crippen LogP contribution in [0.25, 0.3) is 0 Å². The predicted octanol–water partition coefficient (Wildman–Crippen LogP) is 15.0. The van der Waals surface area contributed by atoms with Crippen LogP contribution in [-0.4, -0.2) is 57.4 Å². The fourth-order valence-electron chi connectivity index (χ4n) is 8.85. The number of hydrogen-bond donors (Lipinski definition) is 4. The van der Waals surface area contributed by atoms with E-state index in [0.29, 0.717) is 11.5 Å². The summed E-state index contributed by atoms with van der Waals surface area (Å²) in [6.07, 6.45) is -0.840. The van der Waals surface area contributed by atoms with Crippen molar-refractivity contribution >= 4 is 58.1 Å². The van der Waals surface area contributed by atoms with Crippen LogP contribution >= 0.6 is 23.5 Å². The Hall–Kier alpha value is -9.15. The Morgan fingerprint density at radius 3 is 0.898 bits per heavy atom. The van der Waals surface area contributed by atoms with Gasteiger partial charge < -0.3 is 32.2 Å². The van der Waals surface area contributed by atoms with Crippen LogP contribution in [-0.2, 0) is 39.5 Å². The number of nitrogens with two attached hydrogens (primary N) is 2. The molecule has 10 rings (SSSR count). The SMILES string of the molecule is CC(=O)OC(c1ccccc1)c1ccccc1.COC(=O)CSC(c1ccccc1)c1ccccc1.N.NC(=O)CS(=O)C(c1ccccc1)c1ccccc1.NC(=O)CSC(c1ccccc1)c1ccccc1.OC(c1ccccc1)c1ccccc1. The molecule has 0 saturated carbocycles. The summed E-state index contributed by atoms with van der Waals surface area (Å²) in [6.45, 7) is 1.43. The van der Waals surface area contributed by atoms with Crippen LogP contribution in [0, 0.1) is 0 Å². The van der Waals surface area contributed by atoms with E-state index in [1.807, 2.05) is 255 Å². The van der Waals surface area contributed by atoms with Crippen molar-refractivity contribution in [3.8, 4) is 0 Å². The standard InChI is InChI=1S/C16H16O2S.C15H15NO2S.C15H15NOS.C15H14O2.C13H12O.H3N/c1-18-15(17)12-19-16(13-8-4-2-5-9-13)14-10-6-3-7-11-14;16-14(17)11-19(18)15(12-7-3-1-4-8-12)13-9-5-2-6-10-13;16-14(17)11-18-15(12-7-3-1-4-8-12)13-9-5-2-6-10-13;1-12(16)17-15(13-8-4-2-5-9-13)14-10-6-3-7-11-14;14-13(11-7-3-1-4-8-11)12-9-5-2-6-10-12;/h2-11,16H,12H2,1H3;1-10,15H,11H2,(H2,16,17);1-10,15H,11H2,(H2,16,17);2-11,15H,1H3;1-10,13-14H;1H3. The fraction of sp³-hybridized carbons (Fsp3) is 0.135. The number of thioether (sulfide) groups is 2. The van der Waals surface area contributed by atoms with Crippen molar-refractivity contribution in [3.63, 3.8) is 0 Å². The largest absolute Gasteiger partial charge is 0.468 e. The smallest absolute Gasteiger partial charge is 0.315 e. The summed E-state index contributed by atoms with van der Waals surface area (Å²) >= 11 is 3.15. The minimum atomic E-state index is -1.36. The summed E-state index contributed by atoms with van der Waals surface area (Å²) in [5, 5.41) is 9.97. The van der Waals surface area contributed by atoms with Crippen LogP contribution in [0.3, 0.4) is 0 Å². The number of aliphatic hydroxyl groups is 1. The number of primary amides is 2. The topological polar surface area (TPSA) is 211 Å². The number of amides is 2. The molecule has 0 aliphatic carbocycles. The Kier molecular flexibility index (Phi) is 31.3. The normalized spacial score (nSPS) is 10.7. The first kappa shape index (κ1) is 69.6. The third-order valence-corrected chi connectivity index (χ3v) is 17.1. The van der Waals surface area contributed by atoms with Crippen molar-refractivity contribution in [2.45, 2.75) is 34.9 Å². The lowest BCUT2D eigenvalue weighted by Gasteiger charge is -2.17. The van der Waals surface area contributed by atoms with E-state index in [2.05, 4.69) is 48.5 Å². The van der Waals surface area contributed by atoms with E-state index in [9.17, 15) is 28.5 Å². The Labute approximate surface area is 528 Å². The van der Waals surface area contributed by atoms with Crippen molar-refractivity contribution in [1.82, 2.24) is 6.15 Å². The van der Waals surface area contributed by atoms with E-state index >= 15 is 0 Å². The van der Waals surface area contributed by atoms with Gasteiger partial charge >= 0.3 is 11.9 Å². The molecule has 2 amide bonds. The van der Waals surface area contributed by atoms with Gasteiger partial charge in [-0.2, -0.15) is 0 Å². The average Bonchev–Trinajstić information content (AvgIpc) is 3.77. The zero-order valence-corrected chi connectivity index (χ0v) is 51.7. The molecule has 10 aromatic carbocycles. The number of rotatable bonds is 20. The first-order valence-electron chi connectivity index (χ1n) is 28.0. The number of ether oxygens (including phenoxy) is 2. The molecule has 452 valence electrons. The van der Waals surface area contributed by atoms with Crippen LogP contribution < -0.4 is 17.6 Å². The highest BCUT2D eigenvalue weighted by Crippen LogP contribution is 2.37. The van der Waals surface area contributed by atoms with Crippen molar-refractivity contribution < 1.29 is 38.0 Å². The Morgan fingerprint density at radius 1 is 0.398 bits per heavy atom. The molecule has 0 spiro atoms. The van der Waals surface area contributed by atoms with E-state index in [1.165, 1.54) is 36.3 Å². The molecule has 0 saturated heterocycles. The van der Waals surface area contributed by atoms with Crippen LogP contribution in [0.15, 0.2) is 303 Å². The average molecular weight is 1230 g/mol. The lowest BCUT2D eigenvalue weighted by atomic mass is 10.0. The first-order valence-corrected chi connectivity index (χ1v) is 31.5. The molecule has 0 aromatic heterocycles. The van der Waals surface area contributed by atoms with Crippen molar-refractivity contribution in [2.24, 2.45) is 11.5 Å². The molecule has 10 aromatic rings. The van der Waals surface area contributed by atoms with Gasteiger partial charge in [-0.25, -0.2) is 0 Å². The molecule has 1 unspecified atom stereocenters. The number of esters is 2. The third-order valence-electron chi connectivity index (χ3n) is 12.9. The van der Waals surface area contributed by atoms with Crippen LogP contribution in [0.4, 0.5) is 0 Å². The summed E-state index contributed by atoms with van der Waals surface area (Å²) in [4.78, 5) is 44.5. The molecule has 0 radical (unpaired) electrons. The second-order valence-corrected chi connectivity index (χ2v) is 23.0. The van der Waals surface area contributed by atoms with Crippen molar-refractivity contribution in [1.29, 1.82) is 0 Å². The maximum atomic E-state index is 12.4. The van der Waals surface area contributed by atoms with Gasteiger partial charge in [0.1, 0.15) is 11.9 Å². The molecule has 0 bridgehead atoms. The Morgan fingerprint density at radius 2 is 0.648 bits per heavy atom. The summed E-state index contributed by atoms with van der Waals surface area (Å²) in [7, 11) is 0.0552. The lowest BCUT2D eigenvalue weighted by molar-refractivity contribution is -0.144. The van der Waals surface area contributed by atoms with E-state index < -0.39 is 22.8 Å². The maximum absolute atomic E-state index is 12.4. The third kappa shape index (κ3) is 24.3. The minimum absolute atomic E-state index is 0. The minimum Gasteiger partial charge on any atom is -0.468 e. The Balaban J connectivity index is 0.000000200. The van der Waals surface area contributed by atoms with Gasteiger partial charge in [-0.05, 0) is 55.6 Å². The second-order valence-electron chi connectivity index (χ2n) is 19.3. The highest BCUT2D eigenvalue weighted by atomic mass is 32.2. The highest BCUT2D eigenvalue weighted by Gasteiger charge is 2.23. The molecule has 0 fully saturated rings. The number of hydrogen-bond acceptors (Lipinski definition) is 11. The molecular weight excluding hydrogens is 1160 g/mol. The first-order chi connectivity index (χ1) is 42.4. The Bertz CT molecular complexity index is 3360. The quantitative estimate of drug-likeness (QED) is 0.0527. The predicted molar refractivity (Wildman–Crippen MR) is 361 cm³/mol. The number of carbonyl (C=O) groups excluding carboxylic acids is 4. The van der Waals surface area contributed by atoms with E-state index in [4.69, 9.17) is 20.9 Å². The number of methoxy groups -OCH3 is 1.